The summed E-state index contributed by atoms with van der Waals surface area (Å²) < 4.78 is 5.23. The summed E-state index contributed by atoms with van der Waals surface area (Å²) in [4.78, 5) is 36.9. The van der Waals surface area contributed by atoms with Gasteiger partial charge in [0.25, 0.3) is 11.8 Å². The SMILES string of the molecule is CCc1ocnc1C(=O)N1CCC2(CC1)N=C(N(C)C)NC2=O. The number of amides is 2. The van der Waals surface area contributed by atoms with Crippen molar-refractivity contribution in [3.63, 3.8) is 0 Å². The number of likely N-dealkylation sites (tertiary alicyclic amines) is 1. The number of oxazole rings is 1. The number of hydrogen-bond donors (Lipinski definition) is 1. The molecule has 8 heteroatoms. The molecule has 0 saturated carbocycles. The van der Waals surface area contributed by atoms with Gasteiger partial charge in [0.2, 0.25) is 5.96 Å². The second-order valence-electron chi connectivity index (χ2n) is 6.09. The number of rotatable bonds is 2. The van der Waals surface area contributed by atoms with Crippen LogP contribution in [0.5, 0.6) is 0 Å². The first kappa shape index (κ1) is 15.5. The lowest BCUT2D eigenvalue weighted by Crippen LogP contribution is -2.50. The molecule has 0 bridgehead atoms. The number of nitrogens with one attached hydrogen (secondary N) is 1. The van der Waals surface area contributed by atoms with Crippen molar-refractivity contribution in [2.45, 2.75) is 31.7 Å². The van der Waals surface area contributed by atoms with Crippen molar-refractivity contribution in [2.75, 3.05) is 27.2 Å². The minimum absolute atomic E-state index is 0.0796. The lowest BCUT2D eigenvalue weighted by Gasteiger charge is -2.35. The Morgan fingerprint density at radius 1 is 1.43 bits per heavy atom. The average Bonchev–Trinajstić information content (AvgIpc) is 3.13. The van der Waals surface area contributed by atoms with E-state index in [0.717, 1.165) is 0 Å². The van der Waals surface area contributed by atoms with Gasteiger partial charge in [-0.1, -0.05) is 6.92 Å². The van der Waals surface area contributed by atoms with Crippen LogP contribution in [0.4, 0.5) is 0 Å². The van der Waals surface area contributed by atoms with Gasteiger partial charge >= 0.3 is 0 Å². The molecule has 1 aromatic heterocycles. The van der Waals surface area contributed by atoms with Gasteiger partial charge in [0, 0.05) is 33.6 Å². The third-order valence-corrected chi connectivity index (χ3v) is 4.43. The molecule has 2 aliphatic rings. The zero-order chi connectivity index (χ0) is 16.6. The van der Waals surface area contributed by atoms with E-state index >= 15 is 0 Å². The maximum Gasteiger partial charge on any atom is 0.276 e. The number of nitrogens with zero attached hydrogens (tertiary/aromatic N) is 4. The molecule has 124 valence electrons. The highest BCUT2D eigenvalue weighted by molar-refractivity contribution is 6.07. The molecule has 3 rings (SSSR count). The van der Waals surface area contributed by atoms with E-state index in [1.807, 2.05) is 21.0 Å². The molecule has 0 radical (unpaired) electrons. The zero-order valence-corrected chi connectivity index (χ0v) is 13.6. The Hall–Kier alpha value is -2.38. The number of carbonyl (C=O) groups excluding carboxylic acids is 2. The van der Waals surface area contributed by atoms with E-state index in [2.05, 4.69) is 15.3 Å². The van der Waals surface area contributed by atoms with Gasteiger partial charge in [-0.3, -0.25) is 14.9 Å². The van der Waals surface area contributed by atoms with E-state index in [4.69, 9.17) is 4.42 Å². The van der Waals surface area contributed by atoms with Crippen molar-refractivity contribution >= 4 is 17.8 Å². The first-order valence-electron chi connectivity index (χ1n) is 7.77. The minimum atomic E-state index is -0.742. The molecule has 23 heavy (non-hydrogen) atoms. The summed E-state index contributed by atoms with van der Waals surface area (Å²) in [6.45, 7) is 2.88. The van der Waals surface area contributed by atoms with E-state index in [1.165, 1.54) is 6.39 Å². The van der Waals surface area contributed by atoms with Gasteiger partial charge in [0.1, 0.15) is 11.3 Å². The smallest absolute Gasteiger partial charge is 0.276 e. The van der Waals surface area contributed by atoms with Crippen LogP contribution in [0, 0.1) is 0 Å². The number of aryl methyl sites for hydroxylation is 1. The number of guanidine groups is 1. The Bertz CT molecular complexity index is 656. The molecule has 2 amide bonds. The van der Waals surface area contributed by atoms with Crippen LogP contribution in [-0.2, 0) is 11.2 Å². The van der Waals surface area contributed by atoms with Crippen molar-refractivity contribution in [3.8, 4) is 0 Å². The second-order valence-corrected chi connectivity index (χ2v) is 6.09. The van der Waals surface area contributed by atoms with Gasteiger partial charge in [-0.2, -0.15) is 0 Å². The second kappa shape index (κ2) is 5.68. The van der Waals surface area contributed by atoms with Crippen molar-refractivity contribution in [3.05, 3.63) is 17.8 Å². The Kier molecular flexibility index (Phi) is 3.83. The number of aliphatic imine (C=N–C) groups is 1. The number of piperidine rings is 1. The molecular formula is C15H21N5O3. The van der Waals surface area contributed by atoms with Crippen LogP contribution in [0.1, 0.15) is 36.0 Å². The number of hydrogen-bond acceptors (Lipinski definition) is 6. The summed E-state index contributed by atoms with van der Waals surface area (Å²) in [5.74, 6) is 0.964. The molecule has 0 atom stereocenters. The van der Waals surface area contributed by atoms with E-state index in [-0.39, 0.29) is 11.8 Å². The van der Waals surface area contributed by atoms with E-state index < -0.39 is 5.54 Å². The lowest BCUT2D eigenvalue weighted by atomic mass is 9.88. The molecule has 1 fully saturated rings. The van der Waals surface area contributed by atoms with Crippen molar-refractivity contribution in [1.29, 1.82) is 0 Å². The van der Waals surface area contributed by atoms with Crippen LogP contribution in [-0.4, -0.2) is 65.3 Å². The Morgan fingerprint density at radius 2 is 2.13 bits per heavy atom. The number of aromatic nitrogens is 1. The summed E-state index contributed by atoms with van der Waals surface area (Å²) in [6, 6.07) is 0. The molecular weight excluding hydrogens is 298 g/mol. The van der Waals surface area contributed by atoms with Gasteiger partial charge in [-0.15, -0.1) is 0 Å². The highest BCUT2D eigenvalue weighted by atomic mass is 16.3. The lowest BCUT2D eigenvalue weighted by molar-refractivity contribution is -0.125. The summed E-state index contributed by atoms with van der Waals surface area (Å²) in [7, 11) is 3.68. The predicted molar refractivity (Wildman–Crippen MR) is 83.0 cm³/mol. The third kappa shape index (κ3) is 2.58. The zero-order valence-electron chi connectivity index (χ0n) is 13.6. The highest BCUT2D eigenvalue weighted by Gasteiger charge is 2.47. The molecule has 1 saturated heterocycles. The molecule has 0 unspecified atom stereocenters. The fourth-order valence-corrected chi connectivity index (χ4v) is 2.98. The van der Waals surface area contributed by atoms with E-state index in [9.17, 15) is 9.59 Å². The van der Waals surface area contributed by atoms with Crippen molar-refractivity contribution < 1.29 is 14.0 Å². The molecule has 1 spiro atoms. The minimum Gasteiger partial charge on any atom is -0.448 e. The molecule has 0 aliphatic carbocycles. The Morgan fingerprint density at radius 3 is 2.70 bits per heavy atom. The Balaban J connectivity index is 1.72. The monoisotopic (exact) mass is 319 g/mol. The Labute approximate surface area is 134 Å². The predicted octanol–water partition coefficient (Wildman–Crippen LogP) is 0.259. The van der Waals surface area contributed by atoms with Crippen molar-refractivity contribution in [2.24, 2.45) is 4.99 Å². The maximum absolute atomic E-state index is 12.6. The van der Waals surface area contributed by atoms with Crippen molar-refractivity contribution in [1.82, 2.24) is 20.1 Å². The molecule has 2 aliphatic heterocycles. The van der Waals surface area contributed by atoms with Crippen LogP contribution in [0.3, 0.4) is 0 Å². The fraction of sp³-hybridized carbons (Fsp3) is 0.600. The molecule has 8 nitrogen and oxygen atoms in total. The summed E-state index contributed by atoms with van der Waals surface area (Å²) in [5, 5.41) is 2.81. The first-order chi connectivity index (χ1) is 11.0. The molecule has 1 aromatic rings. The normalized spacial score (nSPS) is 19.7. The van der Waals surface area contributed by atoms with E-state index in [0.29, 0.717) is 49.8 Å². The number of carbonyl (C=O) groups is 2. The van der Waals surface area contributed by atoms with Crippen LogP contribution < -0.4 is 5.32 Å². The fourth-order valence-electron chi connectivity index (χ4n) is 2.98. The summed E-state index contributed by atoms with van der Waals surface area (Å²) in [6.07, 6.45) is 2.95. The summed E-state index contributed by atoms with van der Waals surface area (Å²) >= 11 is 0. The first-order valence-corrected chi connectivity index (χ1v) is 7.77. The quantitative estimate of drug-likeness (QED) is 0.844. The van der Waals surface area contributed by atoms with Gasteiger partial charge in [0.05, 0.1) is 0 Å². The van der Waals surface area contributed by atoms with E-state index in [1.54, 1.807) is 9.80 Å². The van der Waals surface area contributed by atoms with Gasteiger partial charge in [-0.05, 0) is 12.8 Å². The van der Waals surface area contributed by atoms with Gasteiger partial charge < -0.3 is 14.2 Å². The largest absolute Gasteiger partial charge is 0.448 e. The third-order valence-electron chi connectivity index (χ3n) is 4.43. The molecule has 1 N–H and O–H groups in total. The molecule has 3 heterocycles. The average molecular weight is 319 g/mol. The highest BCUT2D eigenvalue weighted by Crippen LogP contribution is 2.31. The van der Waals surface area contributed by atoms with Crippen LogP contribution >= 0.6 is 0 Å². The summed E-state index contributed by atoms with van der Waals surface area (Å²) in [5.41, 5.74) is -0.370. The van der Waals surface area contributed by atoms with Crippen LogP contribution in [0.15, 0.2) is 15.8 Å². The van der Waals surface area contributed by atoms with Crippen LogP contribution in [0.2, 0.25) is 0 Å². The van der Waals surface area contributed by atoms with Crippen LogP contribution in [0.25, 0.3) is 0 Å². The standard InChI is InChI=1S/C15H21N5O3/c1-4-10-11(16-9-23-10)12(21)20-7-5-15(6-8-20)13(22)17-14(18-15)19(2)3/h9H,4-8H2,1-3H3,(H,17,18,22). The van der Waals surface area contributed by atoms with Gasteiger partial charge in [-0.25, -0.2) is 9.98 Å². The van der Waals surface area contributed by atoms with Gasteiger partial charge in [0.15, 0.2) is 12.1 Å². The topological polar surface area (TPSA) is 91.0 Å². The molecule has 0 aromatic carbocycles. The maximum atomic E-state index is 12.6.